The number of pyridine rings is 1. The molecule has 5 nitrogen and oxygen atoms in total. The Morgan fingerprint density at radius 2 is 1.81 bits per heavy atom. The van der Waals surface area contributed by atoms with Crippen LogP contribution in [0.3, 0.4) is 0 Å². The Bertz CT molecular complexity index is 885. The standard InChI is InChI=1S/C21H19ClN2O3/c1-24(12-13-26-19-5-2-4-17(22)14-19)21(25)16-7-9-18(10-8-16)27-20-6-3-11-23-15-20/h2-11,14-15H,12-13H2,1H3. The van der Waals surface area contributed by atoms with E-state index in [1.54, 1.807) is 66.8 Å². The summed E-state index contributed by atoms with van der Waals surface area (Å²) in [5.41, 5.74) is 0.582. The number of ether oxygens (including phenoxy) is 2. The molecular weight excluding hydrogens is 364 g/mol. The molecule has 0 saturated carbocycles. The maximum Gasteiger partial charge on any atom is 0.253 e. The largest absolute Gasteiger partial charge is 0.492 e. The lowest BCUT2D eigenvalue weighted by atomic mass is 10.2. The number of carbonyl (C=O) groups excluding carboxylic acids is 1. The van der Waals surface area contributed by atoms with Crippen molar-refractivity contribution in [2.75, 3.05) is 20.2 Å². The molecule has 1 amide bonds. The van der Waals surface area contributed by atoms with Gasteiger partial charge in [0.25, 0.3) is 5.91 Å². The van der Waals surface area contributed by atoms with Crippen molar-refractivity contribution >= 4 is 17.5 Å². The van der Waals surface area contributed by atoms with Gasteiger partial charge in [0.15, 0.2) is 0 Å². The van der Waals surface area contributed by atoms with Gasteiger partial charge >= 0.3 is 0 Å². The minimum absolute atomic E-state index is 0.0855. The molecule has 0 aliphatic carbocycles. The Kier molecular flexibility index (Phi) is 6.28. The van der Waals surface area contributed by atoms with E-state index in [2.05, 4.69) is 4.98 Å². The minimum Gasteiger partial charge on any atom is -0.492 e. The molecule has 2 aromatic carbocycles. The van der Waals surface area contributed by atoms with Crippen LogP contribution in [0.1, 0.15) is 10.4 Å². The molecule has 138 valence electrons. The van der Waals surface area contributed by atoms with Crippen LogP contribution in [0, 0.1) is 0 Å². The van der Waals surface area contributed by atoms with Gasteiger partial charge in [0.2, 0.25) is 0 Å². The van der Waals surface area contributed by atoms with E-state index in [9.17, 15) is 4.79 Å². The van der Waals surface area contributed by atoms with Gasteiger partial charge in [-0.3, -0.25) is 9.78 Å². The van der Waals surface area contributed by atoms with Gasteiger partial charge in [0, 0.05) is 23.8 Å². The zero-order valence-corrected chi connectivity index (χ0v) is 15.6. The van der Waals surface area contributed by atoms with Gasteiger partial charge in [-0.1, -0.05) is 17.7 Å². The smallest absolute Gasteiger partial charge is 0.253 e. The second kappa shape index (κ2) is 9.05. The molecule has 0 bridgehead atoms. The molecule has 0 radical (unpaired) electrons. The number of hydrogen-bond acceptors (Lipinski definition) is 4. The summed E-state index contributed by atoms with van der Waals surface area (Å²) in [5, 5.41) is 0.616. The van der Waals surface area contributed by atoms with Crippen LogP contribution >= 0.6 is 11.6 Å². The molecule has 0 unspecified atom stereocenters. The van der Waals surface area contributed by atoms with E-state index in [1.807, 2.05) is 18.2 Å². The van der Waals surface area contributed by atoms with E-state index in [1.165, 1.54) is 0 Å². The van der Waals surface area contributed by atoms with E-state index in [4.69, 9.17) is 21.1 Å². The predicted octanol–water partition coefficient (Wildman–Crippen LogP) is 4.68. The Labute approximate surface area is 163 Å². The van der Waals surface area contributed by atoms with Crippen LogP contribution in [0.5, 0.6) is 17.2 Å². The van der Waals surface area contributed by atoms with E-state index >= 15 is 0 Å². The monoisotopic (exact) mass is 382 g/mol. The van der Waals surface area contributed by atoms with Crippen LogP contribution in [0.25, 0.3) is 0 Å². The first-order chi connectivity index (χ1) is 13.1. The van der Waals surface area contributed by atoms with Crippen molar-refractivity contribution in [1.29, 1.82) is 0 Å². The fourth-order valence-electron chi connectivity index (χ4n) is 2.39. The molecule has 0 aliphatic rings. The minimum atomic E-state index is -0.0855. The fraction of sp³-hybridized carbons (Fsp3) is 0.143. The fourth-order valence-corrected chi connectivity index (χ4v) is 2.57. The first-order valence-electron chi connectivity index (χ1n) is 8.43. The average Bonchev–Trinajstić information content (AvgIpc) is 2.69. The summed E-state index contributed by atoms with van der Waals surface area (Å²) in [5.74, 6) is 1.89. The summed E-state index contributed by atoms with van der Waals surface area (Å²) >= 11 is 5.92. The summed E-state index contributed by atoms with van der Waals surface area (Å²) in [6.07, 6.45) is 3.31. The molecule has 0 spiro atoms. The predicted molar refractivity (Wildman–Crippen MR) is 105 cm³/mol. The Hall–Kier alpha value is -3.05. The summed E-state index contributed by atoms with van der Waals surface area (Å²) in [6, 6.07) is 17.8. The topological polar surface area (TPSA) is 51.7 Å². The van der Waals surface area contributed by atoms with Gasteiger partial charge < -0.3 is 14.4 Å². The molecule has 6 heteroatoms. The Balaban J connectivity index is 1.52. The number of carbonyl (C=O) groups is 1. The van der Waals surface area contributed by atoms with Gasteiger partial charge in [-0.05, 0) is 54.6 Å². The van der Waals surface area contributed by atoms with E-state index in [0.717, 1.165) is 0 Å². The SMILES string of the molecule is CN(CCOc1cccc(Cl)c1)C(=O)c1ccc(Oc2cccnc2)cc1. The lowest BCUT2D eigenvalue weighted by Gasteiger charge is -2.18. The highest BCUT2D eigenvalue weighted by Gasteiger charge is 2.12. The summed E-state index contributed by atoms with van der Waals surface area (Å²) in [7, 11) is 1.74. The highest BCUT2D eigenvalue weighted by atomic mass is 35.5. The number of likely N-dealkylation sites (N-methyl/N-ethyl adjacent to an activating group) is 1. The van der Waals surface area contributed by atoms with Crippen molar-refractivity contribution in [2.24, 2.45) is 0 Å². The Morgan fingerprint density at radius 1 is 1.04 bits per heavy atom. The number of hydrogen-bond donors (Lipinski definition) is 0. The highest BCUT2D eigenvalue weighted by Crippen LogP contribution is 2.21. The first-order valence-corrected chi connectivity index (χ1v) is 8.81. The van der Waals surface area contributed by atoms with Crippen LogP contribution in [0.2, 0.25) is 5.02 Å². The second-order valence-corrected chi connectivity index (χ2v) is 6.28. The van der Waals surface area contributed by atoms with E-state index < -0.39 is 0 Å². The molecule has 0 atom stereocenters. The number of nitrogens with zero attached hydrogens (tertiary/aromatic N) is 2. The van der Waals surface area contributed by atoms with Crippen LogP contribution in [-0.4, -0.2) is 36.0 Å². The zero-order chi connectivity index (χ0) is 19.1. The number of rotatable bonds is 7. The second-order valence-electron chi connectivity index (χ2n) is 5.85. The number of halogens is 1. The summed E-state index contributed by atoms with van der Waals surface area (Å²) < 4.78 is 11.3. The summed E-state index contributed by atoms with van der Waals surface area (Å²) in [4.78, 5) is 18.1. The number of amides is 1. The van der Waals surface area contributed by atoms with Crippen LogP contribution in [0.4, 0.5) is 0 Å². The lowest BCUT2D eigenvalue weighted by Crippen LogP contribution is -2.30. The molecular formula is C21H19ClN2O3. The molecule has 27 heavy (non-hydrogen) atoms. The van der Waals surface area contributed by atoms with Crippen molar-refractivity contribution in [1.82, 2.24) is 9.88 Å². The first kappa shape index (κ1) is 18.7. The molecule has 3 rings (SSSR count). The molecule has 0 aliphatic heterocycles. The van der Waals surface area contributed by atoms with E-state index in [0.29, 0.717) is 41.0 Å². The number of benzene rings is 2. The van der Waals surface area contributed by atoms with Crippen molar-refractivity contribution in [3.8, 4) is 17.2 Å². The van der Waals surface area contributed by atoms with Gasteiger partial charge in [-0.15, -0.1) is 0 Å². The third kappa shape index (κ3) is 5.46. The van der Waals surface area contributed by atoms with Gasteiger partial charge in [0.1, 0.15) is 23.9 Å². The summed E-state index contributed by atoms with van der Waals surface area (Å²) in [6.45, 7) is 0.837. The molecule has 1 aromatic heterocycles. The Morgan fingerprint density at radius 3 is 2.52 bits per heavy atom. The van der Waals surface area contributed by atoms with E-state index in [-0.39, 0.29) is 5.91 Å². The normalized spacial score (nSPS) is 10.3. The van der Waals surface area contributed by atoms with Gasteiger partial charge in [-0.2, -0.15) is 0 Å². The van der Waals surface area contributed by atoms with Gasteiger partial charge in [-0.25, -0.2) is 0 Å². The number of aromatic nitrogens is 1. The van der Waals surface area contributed by atoms with Crippen LogP contribution in [-0.2, 0) is 0 Å². The van der Waals surface area contributed by atoms with Crippen molar-refractivity contribution in [3.63, 3.8) is 0 Å². The maximum atomic E-state index is 12.5. The van der Waals surface area contributed by atoms with Gasteiger partial charge in [0.05, 0.1) is 12.7 Å². The molecule has 1 heterocycles. The molecule has 0 saturated heterocycles. The van der Waals surface area contributed by atoms with Crippen molar-refractivity contribution in [2.45, 2.75) is 0 Å². The van der Waals surface area contributed by atoms with Crippen LogP contribution in [0.15, 0.2) is 73.1 Å². The van der Waals surface area contributed by atoms with Crippen molar-refractivity contribution in [3.05, 3.63) is 83.6 Å². The molecule has 3 aromatic rings. The third-order valence-electron chi connectivity index (χ3n) is 3.81. The molecule has 0 N–H and O–H groups in total. The van der Waals surface area contributed by atoms with Crippen LogP contribution < -0.4 is 9.47 Å². The third-order valence-corrected chi connectivity index (χ3v) is 4.04. The maximum absolute atomic E-state index is 12.5. The quantitative estimate of drug-likeness (QED) is 0.595. The van der Waals surface area contributed by atoms with Crippen molar-refractivity contribution < 1.29 is 14.3 Å². The zero-order valence-electron chi connectivity index (χ0n) is 14.8. The lowest BCUT2D eigenvalue weighted by molar-refractivity contribution is 0.0774. The molecule has 0 fully saturated rings. The average molecular weight is 383 g/mol. The highest BCUT2D eigenvalue weighted by molar-refractivity contribution is 6.30.